The molecule has 0 aliphatic rings. The molecule has 5 heteroatoms. The molecule has 0 amide bonds. The van der Waals surface area contributed by atoms with Crippen LogP contribution in [0.5, 0.6) is 0 Å². The molecule has 0 radical (unpaired) electrons. The average molecular weight is 157 g/mol. The van der Waals surface area contributed by atoms with Gasteiger partial charge in [-0.2, -0.15) is 10.4 Å². The Labute approximate surface area is 61.9 Å². The van der Waals surface area contributed by atoms with Crippen molar-refractivity contribution in [3.05, 3.63) is 17.5 Å². The summed E-state index contributed by atoms with van der Waals surface area (Å²) in [6.45, 7) is 0. The Hall–Kier alpha value is -1.44. The highest BCUT2D eigenvalue weighted by molar-refractivity contribution is 5.22. The van der Waals surface area contributed by atoms with Crippen LogP contribution in [0.2, 0.25) is 0 Å². The van der Waals surface area contributed by atoms with Crippen LogP contribution in [-0.4, -0.2) is 9.78 Å². The molecule has 0 bridgehead atoms. The molecule has 1 aromatic heterocycles. The van der Waals surface area contributed by atoms with Crippen LogP contribution < -0.4 is 0 Å². The van der Waals surface area contributed by atoms with Gasteiger partial charge < -0.3 is 0 Å². The van der Waals surface area contributed by atoms with Crippen LogP contribution in [0.3, 0.4) is 0 Å². The molecule has 0 saturated carbocycles. The van der Waals surface area contributed by atoms with Crippen molar-refractivity contribution >= 4 is 0 Å². The largest absolute Gasteiger partial charge is 0.280 e. The average Bonchev–Trinajstić information content (AvgIpc) is 2.30. The summed E-state index contributed by atoms with van der Waals surface area (Å²) >= 11 is 0. The monoisotopic (exact) mass is 157 g/mol. The fourth-order valence-corrected chi connectivity index (χ4v) is 0.741. The van der Waals surface area contributed by atoms with Gasteiger partial charge in [0, 0.05) is 13.1 Å². The van der Waals surface area contributed by atoms with E-state index < -0.39 is 6.43 Å². The summed E-state index contributed by atoms with van der Waals surface area (Å²) in [5, 5.41) is 11.8. The van der Waals surface area contributed by atoms with E-state index in [1.165, 1.54) is 7.05 Å². The number of alkyl halides is 2. The van der Waals surface area contributed by atoms with Crippen molar-refractivity contribution in [1.82, 2.24) is 9.78 Å². The highest BCUT2D eigenvalue weighted by Gasteiger charge is 2.13. The highest BCUT2D eigenvalue weighted by atomic mass is 19.3. The summed E-state index contributed by atoms with van der Waals surface area (Å²) in [4.78, 5) is 0. The lowest BCUT2D eigenvalue weighted by molar-refractivity contribution is 0.141. The smallest absolute Gasteiger partial charge is 0.266 e. The van der Waals surface area contributed by atoms with E-state index in [4.69, 9.17) is 5.26 Å². The number of hydrogen-bond donors (Lipinski definition) is 0. The molecule has 0 spiro atoms. The number of aromatic nitrogens is 2. The lowest BCUT2D eigenvalue weighted by Crippen LogP contribution is -1.97. The first-order valence-corrected chi connectivity index (χ1v) is 2.87. The Balaban J connectivity index is 3.09. The summed E-state index contributed by atoms with van der Waals surface area (Å²) < 4.78 is 25.0. The van der Waals surface area contributed by atoms with Crippen molar-refractivity contribution in [3.8, 4) is 6.07 Å². The summed E-state index contributed by atoms with van der Waals surface area (Å²) in [7, 11) is 1.38. The Morgan fingerprint density at radius 3 is 2.64 bits per heavy atom. The molecule has 0 atom stereocenters. The summed E-state index contributed by atoms with van der Waals surface area (Å²) in [5.41, 5.74) is -0.218. The normalized spacial score (nSPS) is 10.1. The predicted octanol–water partition coefficient (Wildman–Crippen LogP) is 1.23. The maximum absolute atomic E-state index is 12.0. The molecule has 0 saturated heterocycles. The Kier molecular flexibility index (Phi) is 1.85. The zero-order chi connectivity index (χ0) is 8.43. The minimum absolute atomic E-state index is 0.0165. The molecule has 1 heterocycles. The van der Waals surface area contributed by atoms with E-state index in [9.17, 15) is 8.78 Å². The van der Waals surface area contributed by atoms with Crippen molar-refractivity contribution in [2.24, 2.45) is 7.05 Å². The first-order valence-electron chi connectivity index (χ1n) is 2.87. The van der Waals surface area contributed by atoms with Crippen LogP contribution in [0.15, 0.2) is 6.07 Å². The van der Waals surface area contributed by atoms with E-state index in [1.54, 1.807) is 6.07 Å². The Bertz CT molecular complexity index is 297. The van der Waals surface area contributed by atoms with E-state index in [-0.39, 0.29) is 11.4 Å². The Morgan fingerprint density at radius 1 is 1.73 bits per heavy atom. The van der Waals surface area contributed by atoms with Gasteiger partial charge in [-0.05, 0) is 0 Å². The number of rotatable bonds is 1. The number of hydrogen-bond acceptors (Lipinski definition) is 2. The SMILES string of the molecule is Cn1nc(C#N)cc1C(F)F. The first kappa shape index (κ1) is 7.66. The third-order valence-electron chi connectivity index (χ3n) is 1.25. The van der Waals surface area contributed by atoms with Gasteiger partial charge in [-0.3, -0.25) is 4.68 Å². The van der Waals surface area contributed by atoms with Gasteiger partial charge in [0.2, 0.25) is 0 Å². The number of aryl methyl sites for hydroxylation is 1. The van der Waals surface area contributed by atoms with Gasteiger partial charge in [0.15, 0.2) is 5.69 Å². The van der Waals surface area contributed by atoms with Crippen LogP contribution in [0, 0.1) is 11.3 Å². The molecule has 0 aromatic carbocycles. The molecule has 58 valence electrons. The molecule has 3 nitrogen and oxygen atoms in total. The van der Waals surface area contributed by atoms with Crippen LogP contribution in [0.4, 0.5) is 8.78 Å². The van der Waals surface area contributed by atoms with Crippen LogP contribution >= 0.6 is 0 Å². The van der Waals surface area contributed by atoms with E-state index in [0.29, 0.717) is 0 Å². The van der Waals surface area contributed by atoms with Crippen molar-refractivity contribution in [2.45, 2.75) is 6.43 Å². The predicted molar refractivity (Wildman–Crippen MR) is 32.9 cm³/mol. The zero-order valence-electron chi connectivity index (χ0n) is 5.75. The minimum atomic E-state index is -2.57. The van der Waals surface area contributed by atoms with Gasteiger partial charge in [0.25, 0.3) is 6.43 Å². The number of nitriles is 1. The quantitative estimate of drug-likeness (QED) is 0.615. The highest BCUT2D eigenvalue weighted by Crippen LogP contribution is 2.17. The third kappa shape index (κ3) is 1.34. The van der Waals surface area contributed by atoms with Gasteiger partial charge in [-0.1, -0.05) is 0 Å². The maximum Gasteiger partial charge on any atom is 0.280 e. The summed E-state index contributed by atoms with van der Waals surface area (Å²) in [6, 6.07) is 2.75. The van der Waals surface area contributed by atoms with Crippen LogP contribution in [-0.2, 0) is 7.05 Å². The zero-order valence-corrected chi connectivity index (χ0v) is 5.75. The molecule has 0 fully saturated rings. The topological polar surface area (TPSA) is 41.6 Å². The molecule has 1 aromatic rings. The molecule has 0 aliphatic carbocycles. The molecular weight excluding hydrogens is 152 g/mol. The second-order valence-electron chi connectivity index (χ2n) is 1.99. The lowest BCUT2D eigenvalue weighted by atomic mass is 10.4. The van der Waals surface area contributed by atoms with Crippen LogP contribution in [0.1, 0.15) is 17.8 Å². The van der Waals surface area contributed by atoms with Gasteiger partial charge in [-0.15, -0.1) is 0 Å². The molecule has 0 aliphatic heterocycles. The van der Waals surface area contributed by atoms with Crippen molar-refractivity contribution < 1.29 is 8.78 Å². The van der Waals surface area contributed by atoms with Crippen molar-refractivity contribution in [2.75, 3.05) is 0 Å². The fraction of sp³-hybridized carbons (Fsp3) is 0.333. The molecular formula is C6H5F2N3. The minimum Gasteiger partial charge on any atom is -0.266 e. The van der Waals surface area contributed by atoms with E-state index in [2.05, 4.69) is 5.10 Å². The first-order chi connectivity index (χ1) is 5.15. The second-order valence-corrected chi connectivity index (χ2v) is 1.99. The maximum atomic E-state index is 12.0. The summed E-state index contributed by atoms with van der Waals surface area (Å²) in [6.07, 6.45) is -2.57. The number of nitrogens with zero attached hydrogens (tertiary/aromatic N) is 3. The Morgan fingerprint density at radius 2 is 2.36 bits per heavy atom. The standard InChI is InChI=1S/C6H5F2N3/c1-11-5(6(7)8)2-4(3-9)10-11/h2,6H,1H3. The summed E-state index contributed by atoms with van der Waals surface area (Å²) in [5.74, 6) is 0. The fourth-order valence-electron chi connectivity index (χ4n) is 0.741. The lowest BCUT2D eigenvalue weighted by Gasteiger charge is -1.96. The van der Waals surface area contributed by atoms with Gasteiger partial charge in [0.1, 0.15) is 11.8 Å². The van der Waals surface area contributed by atoms with Crippen molar-refractivity contribution in [1.29, 1.82) is 5.26 Å². The van der Waals surface area contributed by atoms with Crippen molar-refractivity contribution in [3.63, 3.8) is 0 Å². The van der Waals surface area contributed by atoms with E-state index in [1.807, 2.05) is 0 Å². The molecule has 0 N–H and O–H groups in total. The molecule has 11 heavy (non-hydrogen) atoms. The van der Waals surface area contributed by atoms with E-state index in [0.717, 1.165) is 10.7 Å². The van der Waals surface area contributed by atoms with E-state index >= 15 is 0 Å². The molecule has 0 unspecified atom stereocenters. The van der Waals surface area contributed by atoms with Gasteiger partial charge in [0.05, 0.1) is 0 Å². The van der Waals surface area contributed by atoms with Crippen LogP contribution in [0.25, 0.3) is 0 Å². The van der Waals surface area contributed by atoms with Gasteiger partial charge >= 0.3 is 0 Å². The number of halogens is 2. The second kappa shape index (κ2) is 2.66. The van der Waals surface area contributed by atoms with Gasteiger partial charge in [-0.25, -0.2) is 8.78 Å². The molecule has 1 rings (SSSR count). The third-order valence-corrected chi connectivity index (χ3v) is 1.25.